The largest absolute Gasteiger partial charge is 0.497 e. The Bertz CT molecular complexity index is 686. The van der Waals surface area contributed by atoms with Gasteiger partial charge in [-0.1, -0.05) is 12.1 Å². The Morgan fingerprint density at radius 2 is 1.58 bits per heavy atom. The van der Waals surface area contributed by atoms with Crippen LogP contribution in [0.3, 0.4) is 0 Å². The van der Waals surface area contributed by atoms with Crippen molar-refractivity contribution in [1.29, 1.82) is 0 Å². The number of nitrogens with one attached hydrogen (secondary N) is 1. The molecular formula is C18H19NO5. The maximum atomic E-state index is 12.4. The molecule has 126 valence electrons. The molecule has 0 saturated carbocycles. The van der Waals surface area contributed by atoms with Gasteiger partial charge in [0.2, 0.25) is 0 Å². The molecule has 1 saturated heterocycles. The second kappa shape index (κ2) is 7.33. The van der Waals surface area contributed by atoms with Crippen molar-refractivity contribution in [3.8, 4) is 11.5 Å². The maximum Gasteiger partial charge on any atom is 0.255 e. The monoisotopic (exact) mass is 329 g/mol. The van der Waals surface area contributed by atoms with E-state index in [1.54, 1.807) is 32.4 Å². The van der Waals surface area contributed by atoms with E-state index >= 15 is 0 Å². The number of carbonyl (C=O) groups is 1. The van der Waals surface area contributed by atoms with E-state index in [2.05, 4.69) is 5.32 Å². The molecule has 1 aliphatic heterocycles. The van der Waals surface area contributed by atoms with E-state index in [1.807, 2.05) is 24.3 Å². The molecule has 2 aromatic rings. The van der Waals surface area contributed by atoms with Crippen LogP contribution in [-0.4, -0.2) is 33.3 Å². The molecule has 0 atom stereocenters. The van der Waals surface area contributed by atoms with Gasteiger partial charge < -0.3 is 24.3 Å². The molecule has 1 amide bonds. The van der Waals surface area contributed by atoms with E-state index in [-0.39, 0.29) is 12.2 Å². The summed E-state index contributed by atoms with van der Waals surface area (Å²) in [5.74, 6) is 0.879. The van der Waals surface area contributed by atoms with Gasteiger partial charge in [0, 0.05) is 22.9 Å². The van der Waals surface area contributed by atoms with Crippen molar-refractivity contribution in [2.45, 2.75) is 6.29 Å². The predicted octanol–water partition coefficient (Wildman–Crippen LogP) is 3.00. The molecule has 2 aromatic carbocycles. The van der Waals surface area contributed by atoms with Crippen LogP contribution in [0.4, 0.5) is 5.69 Å². The Labute approximate surface area is 140 Å². The molecule has 1 fully saturated rings. The summed E-state index contributed by atoms with van der Waals surface area (Å²) < 4.78 is 21.3. The van der Waals surface area contributed by atoms with E-state index in [1.165, 1.54) is 0 Å². The molecule has 24 heavy (non-hydrogen) atoms. The van der Waals surface area contributed by atoms with Crippen LogP contribution in [0.5, 0.6) is 11.5 Å². The standard InChI is InChI=1S/C18H19NO5/c1-21-15-9-13(10-16(11-15)22-2)17(20)19-14-5-3-12(4-6-14)18-23-7-8-24-18/h3-6,9-11,18H,7-8H2,1-2H3,(H,19,20). The van der Waals surface area contributed by atoms with Gasteiger partial charge >= 0.3 is 0 Å². The lowest BCUT2D eigenvalue weighted by Gasteiger charge is -2.11. The van der Waals surface area contributed by atoms with Crippen molar-refractivity contribution in [3.63, 3.8) is 0 Å². The molecule has 0 radical (unpaired) electrons. The van der Waals surface area contributed by atoms with E-state index < -0.39 is 0 Å². The van der Waals surface area contributed by atoms with Gasteiger partial charge in [0.25, 0.3) is 5.91 Å². The van der Waals surface area contributed by atoms with Crippen molar-refractivity contribution in [2.24, 2.45) is 0 Å². The average Bonchev–Trinajstić information content (AvgIpc) is 3.16. The lowest BCUT2D eigenvalue weighted by atomic mass is 10.1. The van der Waals surface area contributed by atoms with Crippen LogP contribution in [-0.2, 0) is 9.47 Å². The van der Waals surface area contributed by atoms with Gasteiger partial charge in [-0.3, -0.25) is 4.79 Å². The van der Waals surface area contributed by atoms with Crippen LogP contribution in [0.1, 0.15) is 22.2 Å². The van der Waals surface area contributed by atoms with Crippen molar-refractivity contribution >= 4 is 11.6 Å². The zero-order valence-corrected chi connectivity index (χ0v) is 13.6. The van der Waals surface area contributed by atoms with Gasteiger partial charge in [-0.2, -0.15) is 0 Å². The Morgan fingerprint density at radius 3 is 2.12 bits per heavy atom. The van der Waals surface area contributed by atoms with Crippen molar-refractivity contribution in [2.75, 3.05) is 32.8 Å². The highest BCUT2D eigenvalue weighted by Crippen LogP contribution is 2.26. The quantitative estimate of drug-likeness (QED) is 0.913. The van der Waals surface area contributed by atoms with Gasteiger partial charge in [0.15, 0.2) is 6.29 Å². The minimum atomic E-state index is -0.322. The molecule has 0 spiro atoms. The number of anilines is 1. The van der Waals surface area contributed by atoms with Crippen molar-refractivity contribution in [1.82, 2.24) is 0 Å². The molecule has 1 heterocycles. The molecule has 0 aliphatic carbocycles. The van der Waals surface area contributed by atoms with Gasteiger partial charge in [-0.25, -0.2) is 0 Å². The lowest BCUT2D eigenvalue weighted by molar-refractivity contribution is -0.0441. The Hall–Kier alpha value is -2.57. The first-order valence-corrected chi connectivity index (χ1v) is 7.57. The summed E-state index contributed by atoms with van der Waals surface area (Å²) in [7, 11) is 3.09. The smallest absolute Gasteiger partial charge is 0.255 e. The summed E-state index contributed by atoms with van der Waals surface area (Å²) in [6, 6.07) is 12.4. The van der Waals surface area contributed by atoms with Crippen LogP contribution in [0.2, 0.25) is 0 Å². The maximum absolute atomic E-state index is 12.4. The van der Waals surface area contributed by atoms with E-state index in [0.717, 1.165) is 5.56 Å². The number of ether oxygens (including phenoxy) is 4. The number of carbonyl (C=O) groups excluding carboxylic acids is 1. The van der Waals surface area contributed by atoms with Crippen molar-refractivity contribution in [3.05, 3.63) is 53.6 Å². The molecule has 3 rings (SSSR count). The van der Waals surface area contributed by atoms with Crippen LogP contribution in [0.15, 0.2) is 42.5 Å². The third-order valence-corrected chi connectivity index (χ3v) is 3.68. The first-order chi connectivity index (χ1) is 11.7. The lowest BCUT2D eigenvalue weighted by Crippen LogP contribution is -2.12. The number of benzene rings is 2. The number of amides is 1. The highest BCUT2D eigenvalue weighted by Gasteiger charge is 2.18. The molecule has 0 aromatic heterocycles. The number of rotatable bonds is 5. The predicted molar refractivity (Wildman–Crippen MR) is 88.6 cm³/mol. The van der Waals surface area contributed by atoms with Gasteiger partial charge in [0.1, 0.15) is 11.5 Å². The van der Waals surface area contributed by atoms with E-state index in [9.17, 15) is 4.79 Å². The molecule has 1 aliphatic rings. The second-order valence-corrected chi connectivity index (χ2v) is 5.25. The zero-order chi connectivity index (χ0) is 16.9. The SMILES string of the molecule is COc1cc(OC)cc(C(=O)Nc2ccc(C3OCCO3)cc2)c1. The number of methoxy groups -OCH3 is 2. The topological polar surface area (TPSA) is 66.0 Å². The Balaban J connectivity index is 1.72. The average molecular weight is 329 g/mol. The minimum Gasteiger partial charge on any atom is -0.497 e. The fourth-order valence-electron chi connectivity index (χ4n) is 2.42. The first kappa shape index (κ1) is 16.3. The van der Waals surface area contributed by atoms with Crippen LogP contribution in [0, 0.1) is 0 Å². The van der Waals surface area contributed by atoms with Gasteiger partial charge in [-0.05, 0) is 24.3 Å². The highest BCUT2D eigenvalue weighted by molar-refractivity contribution is 6.04. The highest BCUT2D eigenvalue weighted by atomic mass is 16.7. The van der Waals surface area contributed by atoms with Crippen LogP contribution >= 0.6 is 0 Å². The molecule has 6 nitrogen and oxygen atoms in total. The minimum absolute atomic E-state index is 0.242. The second-order valence-electron chi connectivity index (χ2n) is 5.25. The van der Waals surface area contributed by atoms with Gasteiger partial charge in [-0.15, -0.1) is 0 Å². The Kier molecular flexibility index (Phi) is 4.98. The first-order valence-electron chi connectivity index (χ1n) is 7.57. The summed E-state index contributed by atoms with van der Waals surface area (Å²) >= 11 is 0. The normalized spacial score (nSPS) is 14.4. The van der Waals surface area contributed by atoms with Crippen LogP contribution < -0.4 is 14.8 Å². The number of hydrogen-bond donors (Lipinski definition) is 1. The summed E-state index contributed by atoms with van der Waals surface area (Å²) in [6.07, 6.45) is -0.322. The molecule has 0 unspecified atom stereocenters. The zero-order valence-electron chi connectivity index (χ0n) is 13.6. The van der Waals surface area contributed by atoms with Gasteiger partial charge in [0.05, 0.1) is 27.4 Å². The fourth-order valence-corrected chi connectivity index (χ4v) is 2.42. The summed E-state index contributed by atoms with van der Waals surface area (Å²) in [5, 5.41) is 2.85. The number of hydrogen-bond acceptors (Lipinski definition) is 5. The van der Waals surface area contributed by atoms with Crippen molar-refractivity contribution < 1.29 is 23.7 Å². The van der Waals surface area contributed by atoms with Crippen LogP contribution in [0.25, 0.3) is 0 Å². The summed E-state index contributed by atoms with van der Waals surface area (Å²) in [5.41, 5.74) is 2.06. The molecule has 1 N–H and O–H groups in total. The molecule has 0 bridgehead atoms. The van der Waals surface area contributed by atoms with E-state index in [4.69, 9.17) is 18.9 Å². The fraction of sp³-hybridized carbons (Fsp3) is 0.278. The van der Waals surface area contributed by atoms with E-state index in [0.29, 0.717) is 36.0 Å². The summed E-state index contributed by atoms with van der Waals surface area (Å²) in [4.78, 5) is 12.4. The third kappa shape index (κ3) is 3.67. The molecule has 6 heteroatoms. The summed E-state index contributed by atoms with van der Waals surface area (Å²) in [6.45, 7) is 1.20. The third-order valence-electron chi connectivity index (χ3n) is 3.68. The molecular weight excluding hydrogens is 310 g/mol. The Morgan fingerprint density at radius 1 is 1.00 bits per heavy atom.